The van der Waals surface area contributed by atoms with Gasteiger partial charge in [-0.1, -0.05) is 6.07 Å². The maximum Gasteiger partial charge on any atom is 0.414 e. The van der Waals surface area contributed by atoms with Gasteiger partial charge in [0, 0.05) is 33.8 Å². The van der Waals surface area contributed by atoms with Gasteiger partial charge >= 0.3 is 12.2 Å². The lowest BCUT2D eigenvalue weighted by Crippen LogP contribution is -2.25. The van der Waals surface area contributed by atoms with Crippen LogP contribution < -0.4 is 9.47 Å². The van der Waals surface area contributed by atoms with E-state index in [1.807, 2.05) is 0 Å². The van der Waals surface area contributed by atoms with Crippen LogP contribution >= 0.6 is 15.9 Å². The summed E-state index contributed by atoms with van der Waals surface area (Å²) in [7, 11) is 7.81. The molecule has 7 nitrogen and oxygen atoms in total. The molecule has 1 aromatic carbocycles. The van der Waals surface area contributed by atoms with Crippen molar-refractivity contribution in [1.29, 1.82) is 0 Å². The van der Waals surface area contributed by atoms with Crippen LogP contribution in [0.25, 0.3) is 0 Å². The quantitative estimate of drug-likeness (QED) is 0.810. The predicted octanol–water partition coefficient (Wildman–Crippen LogP) is 2.72. The minimum Gasteiger partial charge on any atom is -0.493 e. The highest BCUT2D eigenvalue weighted by Crippen LogP contribution is 2.38. The van der Waals surface area contributed by atoms with Crippen molar-refractivity contribution in [2.24, 2.45) is 0 Å². The van der Waals surface area contributed by atoms with E-state index < -0.39 is 12.2 Å². The summed E-state index contributed by atoms with van der Waals surface area (Å²) in [5.74, 6) is 0.629. The molecular formula is C14H19BrN2O5. The van der Waals surface area contributed by atoms with E-state index in [9.17, 15) is 9.59 Å². The molecule has 22 heavy (non-hydrogen) atoms. The van der Waals surface area contributed by atoms with E-state index >= 15 is 0 Å². The molecule has 8 heteroatoms. The van der Waals surface area contributed by atoms with Gasteiger partial charge in [-0.15, -0.1) is 0 Å². The average Bonchev–Trinajstić information content (AvgIpc) is 2.47. The van der Waals surface area contributed by atoms with E-state index in [0.717, 1.165) is 0 Å². The van der Waals surface area contributed by atoms with E-state index in [4.69, 9.17) is 14.2 Å². The molecule has 122 valence electrons. The Morgan fingerprint density at radius 3 is 2.18 bits per heavy atom. The lowest BCUT2D eigenvalue weighted by molar-refractivity contribution is 0.111. The van der Waals surface area contributed by atoms with Crippen LogP contribution in [0.3, 0.4) is 0 Å². The maximum absolute atomic E-state index is 11.7. The number of methoxy groups -OCH3 is 1. The Morgan fingerprint density at radius 2 is 1.68 bits per heavy atom. The first kappa shape index (κ1) is 18.1. The minimum atomic E-state index is -0.540. The molecule has 0 spiro atoms. The molecule has 0 aliphatic heterocycles. The van der Waals surface area contributed by atoms with Crippen LogP contribution in [0.5, 0.6) is 11.5 Å². The minimum absolute atomic E-state index is 0.0358. The fourth-order valence-corrected chi connectivity index (χ4v) is 1.92. The van der Waals surface area contributed by atoms with Crippen molar-refractivity contribution < 1.29 is 23.8 Å². The van der Waals surface area contributed by atoms with Crippen molar-refractivity contribution in [2.75, 3.05) is 35.3 Å². The van der Waals surface area contributed by atoms with Crippen molar-refractivity contribution in [3.05, 3.63) is 22.2 Å². The van der Waals surface area contributed by atoms with Crippen LogP contribution in [-0.4, -0.2) is 57.3 Å². The highest BCUT2D eigenvalue weighted by Gasteiger charge is 2.19. The Kier molecular flexibility index (Phi) is 6.48. The molecule has 2 amide bonds. The molecule has 0 saturated heterocycles. The molecule has 0 N–H and O–H groups in total. The van der Waals surface area contributed by atoms with Gasteiger partial charge in [0.25, 0.3) is 0 Å². The first-order valence-corrected chi connectivity index (χ1v) is 7.15. The van der Waals surface area contributed by atoms with Crippen LogP contribution in [0, 0.1) is 0 Å². The Morgan fingerprint density at radius 1 is 1.09 bits per heavy atom. The number of nitrogens with zero attached hydrogens (tertiary/aromatic N) is 2. The van der Waals surface area contributed by atoms with E-state index in [1.54, 1.807) is 40.3 Å². The van der Waals surface area contributed by atoms with Crippen LogP contribution in [0.4, 0.5) is 9.59 Å². The molecule has 0 heterocycles. The Bertz CT molecular complexity index is 560. The molecule has 0 radical (unpaired) electrons. The second-order valence-electron chi connectivity index (χ2n) is 4.78. The molecule has 0 aromatic heterocycles. The van der Waals surface area contributed by atoms with Crippen LogP contribution in [0.1, 0.15) is 5.56 Å². The average molecular weight is 375 g/mol. The number of rotatable bonds is 4. The Balaban J connectivity index is 3.02. The van der Waals surface area contributed by atoms with Gasteiger partial charge in [0.05, 0.1) is 11.6 Å². The Hall–Kier alpha value is -1.96. The molecule has 0 aliphatic rings. The van der Waals surface area contributed by atoms with Gasteiger partial charge in [0.1, 0.15) is 6.61 Å². The number of carbonyl (C=O) groups excluding carboxylic acids is 2. The monoisotopic (exact) mass is 374 g/mol. The fraction of sp³-hybridized carbons (Fsp3) is 0.429. The smallest absolute Gasteiger partial charge is 0.414 e. The summed E-state index contributed by atoms with van der Waals surface area (Å²) < 4.78 is 16.1. The van der Waals surface area contributed by atoms with Gasteiger partial charge in [-0.05, 0) is 22.0 Å². The molecule has 1 aromatic rings. The lowest BCUT2D eigenvalue weighted by atomic mass is 10.2. The molecule has 0 atom stereocenters. The third-order valence-corrected chi connectivity index (χ3v) is 3.50. The third kappa shape index (κ3) is 4.52. The molecule has 0 unspecified atom stereocenters. The van der Waals surface area contributed by atoms with Gasteiger partial charge in [-0.2, -0.15) is 0 Å². The fourth-order valence-electron chi connectivity index (χ4n) is 1.39. The number of amides is 2. The molecule has 0 fully saturated rings. The van der Waals surface area contributed by atoms with Crippen molar-refractivity contribution in [2.45, 2.75) is 6.61 Å². The van der Waals surface area contributed by atoms with Crippen LogP contribution in [-0.2, 0) is 11.3 Å². The van der Waals surface area contributed by atoms with E-state index in [-0.39, 0.29) is 12.4 Å². The first-order chi connectivity index (χ1) is 10.3. The van der Waals surface area contributed by atoms with Gasteiger partial charge in [-0.3, -0.25) is 0 Å². The Labute approximate surface area is 137 Å². The zero-order valence-corrected chi connectivity index (χ0v) is 14.8. The second-order valence-corrected chi connectivity index (χ2v) is 5.57. The summed E-state index contributed by atoms with van der Waals surface area (Å²) in [6, 6.07) is 3.36. The summed E-state index contributed by atoms with van der Waals surface area (Å²) in [5.41, 5.74) is 0.651. The van der Waals surface area contributed by atoms with Gasteiger partial charge in [-0.25, -0.2) is 9.59 Å². The van der Waals surface area contributed by atoms with Gasteiger partial charge < -0.3 is 24.0 Å². The van der Waals surface area contributed by atoms with E-state index in [0.29, 0.717) is 15.8 Å². The van der Waals surface area contributed by atoms with Gasteiger partial charge in [0.2, 0.25) is 0 Å². The largest absolute Gasteiger partial charge is 0.493 e. The number of ether oxygens (including phenoxy) is 3. The van der Waals surface area contributed by atoms with Crippen LogP contribution in [0.15, 0.2) is 16.6 Å². The number of halogens is 1. The summed E-state index contributed by atoms with van der Waals surface area (Å²) in [6.07, 6.45) is -1.00. The highest BCUT2D eigenvalue weighted by atomic mass is 79.9. The van der Waals surface area contributed by atoms with E-state index in [2.05, 4.69) is 15.9 Å². The zero-order chi connectivity index (χ0) is 16.9. The summed E-state index contributed by atoms with van der Waals surface area (Å²) in [6.45, 7) is 0.0358. The molecule has 0 aliphatic carbocycles. The molecular weight excluding hydrogens is 356 g/mol. The summed E-state index contributed by atoms with van der Waals surface area (Å²) in [4.78, 5) is 25.8. The standard InChI is InChI=1S/C14H19BrN2O5/c1-16(2)13(18)21-8-9-6-7-10(20-5)12(11(9)15)22-14(19)17(3)4/h6-7H,8H2,1-5H3. The predicted molar refractivity (Wildman–Crippen MR) is 84.3 cm³/mol. The van der Waals surface area contributed by atoms with Crippen molar-refractivity contribution >= 4 is 28.1 Å². The summed E-state index contributed by atoms with van der Waals surface area (Å²) in [5, 5.41) is 0. The molecule has 0 bridgehead atoms. The topological polar surface area (TPSA) is 68.3 Å². The maximum atomic E-state index is 11.7. The summed E-state index contributed by atoms with van der Waals surface area (Å²) >= 11 is 3.36. The van der Waals surface area contributed by atoms with Crippen molar-refractivity contribution in [3.8, 4) is 11.5 Å². The number of hydrogen-bond acceptors (Lipinski definition) is 5. The normalized spacial score (nSPS) is 9.91. The van der Waals surface area contributed by atoms with Crippen molar-refractivity contribution in [3.63, 3.8) is 0 Å². The number of benzene rings is 1. The number of carbonyl (C=O) groups is 2. The first-order valence-electron chi connectivity index (χ1n) is 6.36. The van der Waals surface area contributed by atoms with E-state index in [1.165, 1.54) is 16.9 Å². The lowest BCUT2D eigenvalue weighted by Gasteiger charge is -2.17. The van der Waals surface area contributed by atoms with Crippen LogP contribution in [0.2, 0.25) is 0 Å². The molecule has 1 rings (SSSR count). The molecule has 0 saturated carbocycles. The SMILES string of the molecule is COc1ccc(COC(=O)N(C)C)c(Br)c1OC(=O)N(C)C. The third-order valence-electron chi connectivity index (χ3n) is 2.63. The second kappa shape index (κ2) is 7.88. The van der Waals surface area contributed by atoms with Crippen molar-refractivity contribution in [1.82, 2.24) is 9.80 Å². The number of hydrogen-bond donors (Lipinski definition) is 0. The highest BCUT2D eigenvalue weighted by molar-refractivity contribution is 9.10. The van der Waals surface area contributed by atoms with Gasteiger partial charge in [0.15, 0.2) is 11.5 Å². The zero-order valence-electron chi connectivity index (χ0n) is 13.2.